The Bertz CT molecular complexity index is 1090. The Morgan fingerprint density at radius 2 is 1.97 bits per heavy atom. The van der Waals surface area contributed by atoms with Crippen molar-refractivity contribution >= 4 is 23.1 Å². The molecular formula is C22H20FN3O3S. The summed E-state index contributed by atoms with van der Waals surface area (Å²) >= 11 is 1.73. The zero-order valence-electron chi connectivity index (χ0n) is 16.2. The van der Waals surface area contributed by atoms with Gasteiger partial charge in [-0.15, -0.1) is 11.3 Å². The van der Waals surface area contributed by atoms with Gasteiger partial charge in [-0.25, -0.2) is 14.2 Å². The van der Waals surface area contributed by atoms with E-state index in [0.717, 1.165) is 29.7 Å². The van der Waals surface area contributed by atoms with E-state index in [9.17, 15) is 9.18 Å². The van der Waals surface area contributed by atoms with E-state index < -0.39 is 5.97 Å². The number of carboxylic acids is 1. The second kappa shape index (κ2) is 7.45. The van der Waals surface area contributed by atoms with Gasteiger partial charge in [0.1, 0.15) is 17.2 Å². The number of rotatable bonds is 3. The van der Waals surface area contributed by atoms with E-state index in [1.807, 2.05) is 12.1 Å². The Morgan fingerprint density at radius 1 is 1.20 bits per heavy atom. The van der Waals surface area contributed by atoms with Crippen LogP contribution in [-0.2, 0) is 16.8 Å². The second-order valence-corrected chi connectivity index (χ2v) is 8.67. The summed E-state index contributed by atoms with van der Waals surface area (Å²) in [5, 5.41) is 9.17. The number of aromatic nitrogens is 2. The van der Waals surface area contributed by atoms with Crippen LogP contribution in [-0.4, -0.2) is 40.7 Å². The molecule has 0 atom stereocenters. The highest BCUT2D eigenvalue weighted by atomic mass is 32.1. The fourth-order valence-corrected chi connectivity index (χ4v) is 5.67. The Hall–Kier alpha value is -2.84. The Kier molecular flexibility index (Phi) is 4.75. The first-order valence-corrected chi connectivity index (χ1v) is 10.7. The maximum atomic E-state index is 13.3. The van der Waals surface area contributed by atoms with Gasteiger partial charge >= 0.3 is 5.97 Å². The number of aromatic carboxylic acids is 1. The zero-order valence-corrected chi connectivity index (χ0v) is 17.0. The monoisotopic (exact) mass is 425 g/mol. The summed E-state index contributed by atoms with van der Waals surface area (Å²) in [4.78, 5) is 23.9. The van der Waals surface area contributed by atoms with Gasteiger partial charge in [0.25, 0.3) is 0 Å². The predicted molar refractivity (Wildman–Crippen MR) is 111 cm³/mol. The van der Waals surface area contributed by atoms with E-state index in [0.29, 0.717) is 25.5 Å². The van der Waals surface area contributed by atoms with Gasteiger partial charge in [0.05, 0.1) is 19.0 Å². The highest BCUT2D eigenvalue weighted by Crippen LogP contribution is 2.47. The molecule has 0 amide bonds. The molecule has 0 unspecified atom stereocenters. The number of thiophene rings is 1. The number of piperidine rings is 1. The van der Waals surface area contributed by atoms with Crippen LogP contribution in [0.25, 0.3) is 10.4 Å². The fraction of sp³-hybridized carbons (Fsp3) is 0.318. The number of nitrogens with zero attached hydrogens (tertiary/aromatic N) is 3. The van der Waals surface area contributed by atoms with Crippen molar-refractivity contribution in [2.45, 2.75) is 24.9 Å². The van der Waals surface area contributed by atoms with Crippen molar-refractivity contribution in [2.24, 2.45) is 0 Å². The van der Waals surface area contributed by atoms with Crippen LogP contribution in [0.5, 0.6) is 0 Å². The van der Waals surface area contributed by atoms with Crippen LogP contribution in [0.2, 0.25) is 0 Å². The van der Waals surface area contributed by atoms with Crippen LogP contribution in [0.1, 0.15) is 33.8 Å². The molecule has 2 aliphatic rings. The van der Waals surface area contributed by atoms with Crippen molar-refractivity contribution in [3.05, 3.63) is 64.7 Å². The van der Waals surface area contributed by atoms with E-state index in [2.05, 4.69) is 20.9 Å². The average Bonchev–Trinajstić information content (AvgIpc) is 3.21. The van der Waals surface area contributed by atoms with Gasteiger partial charge < -0.3 is 14.7 Å². The van der Waals surface area contributed by atoms with Gasteiger partial charge in [-0.1, -0.05) is 12.1 Å². The summed E-state index contributed by atoms with van der Waals surface area (Å²) in [7, 11) is 0. The minimum atomic E-state index is -1.08. The molecule has 1 fully saturated rings. The van der Waals surface area contributed by atoms with Crippen molar-refractivity contribution < 1.29 is 19.0 Å². The molecule has 1 saturated heterocycles. The standard InChI is InChI=1S/C22H20FN3O3S/c23-16-3-1-14(2-4-16)18-11-15-5-10-29-22(20(15)30-18)6-8-26(9-7-22)19-13-24-12-17(25-19)21(27)28/h1-4,11-13H,5-10H2,(H,27,28). The number of fused-ring (bicyclic) bond motifs is 2. The first kappa shape index (κ1) is 19.1. The maximum Gasteiger partial charge on any atom is 0.356 e. The smallest absolute Gasteiger partial charge is 0.356 e. The number of benzene rings is 1. The van der Waals surface area contributed by atoms with Gasteiger partial charge in [-0.05, 0) is 48.6 Å². The second-order valence-electron chi connectivity index (χ2n) is 7.62. The zero-order chi connectivity index (χ0) is 20.7. The van der Waals surface area contributed by atoms with Crippen LogP contribution >= 0.6 is 11.3 Å². The minimum Gasteiger partial charge on any atom is -0.476 e. The molecule has 5 rings (SSSR count). The molecule has 1 spiro atoms. The summed E-state index contributed by atoms with van der Waals surface area (Å²) in [6.07, 6.45) is 5.33. The lowest BCUT2D eigenvalue weighted by Crippen LogP contribution is -2.46. The highest BCUT2D eigenvalue weighted by molar-refractivity contribution is 7.15. The summed E-state index contributed by atoms with van der Waals surface area (Å²) in [5.74, 6) is -0.730. The van der Waals surface area contributed by atoms with Gasteiger partial charge in [-0.3, -0.25) is 4.98 Å². The molecule has 2 aromatic heterocycles. The SMILES string of the molecule is O=C(O)c1cncc(N2CCC3(CC2)OCCc2cc(-c4ccc(F)cc4)sc23)n1. The molecule has 0 bridgehead atoms. The summed E-state index contributed by atoms with van der Waals surface area (Å²) in [5.41, 5.74) is 1.95. The van der Waals surface area contributed by atoms with Gasteiger partial charge in [0, 0.05) is 22.8 Å². The fourth-order valence-electron chi connectivity index (χ4n) is 4.26. The Labute approximate surface area is 177 Å². The van der Waals surface area contributed by atoms with Crippen molar-refractivity contribution in [1.82, 2.24) is 9.97 Å². The van der Waals surface area contributed by atoms with E-state index in [1.165, 1.54) is 28.8 Å². The van der Waals surface area contributed by atoms with Gasteiger partial charge in [0.2, 0.25) is 0 Å². The minimum absolute atomic E-state index is 0.0498. The largest absolute Gasteiger partial charge is 0.476 e. The third-order valence-electron chi connectivity index (χ3n) is 5.84. The quantitative estimate of drug-likeness (QED) is 0.681. The lowest BCUT2D eigenvalue weighted by molar-refractivity contribution is -0.0735. The van der Waals surface area contributed by atoms with Gasteiger partial charge in [0.15, 0.2) is 5.69 Å². The van der Waals surface area contributed by atoms with Crippen LogP contribution < -0.4 is 4.90 Å². The van der Waals surface area contributed by atoms with Crippen molar-refractivity contribution in [1.29, 1.82) is 0 Å². The molecule has 1 N–H and O–H groups in total. The van der Waals surface area contributed by atoms with Crippen LogP contribution in [0.4, 0.5) is 10.2 Å². The van der Waals surface area contributed by atoms with E-state index in [1.54, 1.807) is 17.5 Å². The number of hydrogen-bond donors (Lipinski definition) is 1. The summed E-state index contributed by atoms with van der Waals surface area (Å²) in [6.45, 7) is 2.10. The molecule has 30 heavy (non-hydrogen) atoms. The summed E-state index contributed by atoms with van der Waals surface area (Å²) in [6, 6.07) is 8.83. The first-order valence-electron chi connectivity index (χ1n) is 9.87. The third kappa shape index (κ3) is 3.36. The summed E-state index contributed by atoms with van der Waals surface area (Å²) < 4.78 is 19.6. The molecule has 0 aliphatic carbocycles. The molecule has 0 radical (unpaired) electrons. The van der Waals surface area contributed by atoms with E-state index >= 15 is 0 Å². The molecule has 8 heteroatoms. The molecule has 154 valence electrons. The van der Waals surface area contributed by atoms with Crippen molar-refractivity contribution in [2.75, 3.05) is 24.6 Å². The third-order valence-corrected chi connectivity index (χ3v) is 7.25. The first-order chi connectivity index (χ1) is 14.5. The molecule has 2 aliphatic heterocycles. The van der Waals surface area contributed by atoms with Crippen LogP contribution in [0, 0.1) is 5.82 Å². The Balaban J connectivity index is 1.39. The number of ether oxygens (including phenoxy) is 1. The molecule has 1 aromatic carbocycles. The number of halogens is 1. The van der Waals surface area contributed by atoms with Gasteiger partial charge in [-0.2, -0.15) is 0 Å². The highest BCUT2D eigenvalue weighted by Gasteiger charge is 2.42. The normalized spacial score (nSPS) is 17.7. The molecule has 3 aromatic rings. The number of carbonyl (C=O) groups is 1. The topological polar surface area (TPSA) is 75.5 Å². The predicted octanol–water partition coefficient (Wildman–Crippen LogP) is 4.11. The molecular weight excluding hydrogens is 405 g/mol. The van der Waals surface area contributed by atoms with E-state index in [-0.39, 0.29) is 17.1 Å². The lowest BCUT2D eigenvalue weighted by Gasteiger charge is -2.44. The van der Waals surface area contributed by atoms with E-state index in [4.69, 9.17) is 9.84 Å². The lowest BCUT2D eigenvalue weighted by atomic mass is 9.85. The molecule has 6 nitrogen and oxygen atoms in total. The molecule has 4 heterocycles. The average molecular weight is 425 g/mol. The van der Waals surface area contributed by atoms with Crippen molar-refractivity contribution in [3.8, 4) is 10.4 Å². The number of carboxylic acid groups (broad SMARTS) is 1. The molecule has 0 saturated carbocycles. The van der Waals surface area contributed by atoms with Crippen LogP contribution in [0.3, 0.4) is 0 Å². The van der Waals surface area contributed by atoms with Crippen molar-refractivity contribution in [3.63, 3.8) is 0 Å². The maximum absolute atomic E-state index is 13.3. The number of anilines is 1. The van der Waals surface area contributed by atoms with Crippen LogP contribution in [0.15, 0.2) is 42.7 Å². The Morgan fingerprint density at radius 3 is 2.70 bits per heavy atom. The number of hydrogen-bond acceptors (Lipinski definition) is 6.